The van der Waals surface area contributed by atoms with E-state index < -0.39 is 11.7 Å². The first-order valence-corrected chi connectivity index (χ1v) is 6.87. The molecular weight excluding hydrogens is 255 g/mol. The summed E-state index contributed by atoms with van der Waals surface area (Å²) in [5.74, 6) is 4.54. The van der Waals surface area contributed by atoms with Crippen LogP contribution in [0.3, 0.4) is 0 Å². The largest absolute Gasteiger partial charge is 0.349 e. The maximum Gasteiger partial charge on any atom is 0.254 e. The van der Waals surface area contributed by atoms with E-state index >= 15 is 0 Å². The Balaban J connectivity index is 2.81. The van der Waals surface area contributed by atoms with E-state index in [4.69, 9.17) is 5.73 Å². The van der Waals surface area contributed by atoms with E-state index in [-0.39, 0.29) is 18.2 Å². The molecule has 0 heterocycles. The van der Waals surface area contributed by atoms with Gasteiger partial charge in [0, 0.05) is 11.6 Å². The quantitative estimate of drug-likeness (QED) is 0.812. The average Bonchev–Trinajstić information content (AvgIpc) is 2.44. The number of hydrogen-bond donors (Lipinski definition) is 2. The molecule has 108 valence electrons. The van der Waals surface area contributed by atoms with Gasteiger partial charge in [0.05, 0.1) is 12.1 Å². The Morgan fingerprint density at radius 1 is 1.50 bits per heavy atom. The summed E-state index contributed by atoms with van der Waals surface area (Å²) in [6.45, 7) is 4.24. The molecule has 1 aromatic carbocycles. The molecule has 3 nitrogen and oxygen atoms in total. The molecule has 1 rings (SSSR count). The van der Waals surface area contributed by atoms with E-state index in [1.165, 1.54) is 18.2 Å². The van der Waals surface area contributed by atoms with Crippen LogP contribution in [0.4, 0.5) is 4.39 Å². The number of carbonyl (C=O) groups excluding carboxylic acids is 1. The third kappa shape index (κ3) is 5.02. The molecule has 0 spiro atoms. The van der Waals surface area contributed by atoms with Gasteiger partial charge in [-0.1, -0.05) is 31.6 Å². The number of carbonyl (C=O) groups is 1. The summed E-state index contributed by atoms with van der Waals surface area (Å²) in [5.41, 5.74) is 5.90. The number of hydrogen-bond acceptors (Lipinski definition) is 2. The van der Waals surface area contributed by atoms with Crippen LogP contribution in [0.5, 0.6) is 0 Å². The second kappa shape index (κ2) is 8.34. The van der Waals surface area contributed by atoms with E-state index in [1.807, 2.05) is 6.92 Å². The van der Waals surface area contributed by atoms with Crippen molar-refractivity contribution < 1.29 is 9.18 Å². The average molecular weight is 276 g/mol. The van der Waals surface area contributed by atoms with Crippen molar-refractivity contribution in [2.24, 2.45) is 5.73 Å². The van der Waals surface area contributed by atoms with Crippen LogP contribution in [0.15, 0.2) is 18.2 Å². The van der Waals surface area contributed by atoms with Crippen molar-refractivity contribution in [2.45, 2.75) is 39.2 Å². The van der Waals surface area contributed by atoms with E-state index in [2.05, 4.69) is 24.1 Å². The van der Waals surface area contributed by atoms with Crippen molar-refractivity contribution in [3.05, 3.63) is 35.1 Å². The molecule has 0 aliphatic heterocycles. The molecule has 0 bridgehead atoms. The zero-order chi connectivity index (χ0) is 15.0. The Kier molecular flexibility index (Phi) is 6.75. The molecule has 1 aromatic rings. The van der Waals surface area contributed by atoms with Crippen LogP contribution >= 0.6 is 0 Å². The molecule has 1 unspecified atom stereocenters. The Labute approximate surface area is 119 Å². The summed E-state index contributed by atoms with van der Waals surface area (Å²) in [4.78, 5) is 12.0. The van der Waals surface area contributed by atoms with Gasteiger partial charge in [0.2, 0.25) is 0 Å². The number of halogens is 1. The molecule has 0 aromatic heterocycles. The number of nitrogens with one attached hydrogen (secondary N) is 1. The van der Waals surface area contributed by atoms with Gasteiger partial charge in [-0.3, -0.25) is 4.79 Å². The maximum absolute atomic E-state index is 13.7. The van der Waals surface area contributed by atoms with Gasteiger partial charge < -0.3 is 11.1 Å². The Hall–Kier alpha value is -1.86. The van der Waals surface area contributed by atoms with Gasteiger partial charge in [0.25, 0.3) is 5.91 Å². The first kappa shape index (κ1) is 16.2. The van der Waals surface area contributed by atoms with Crippen molar-refractivity contribution in [1.29, 1.82) is 0 Å². The number of unbranched alkanes of at least 4 members (excludes halogenated alkanes) is 1. The summed E-state index contributed by atoms with van der Waals surface area (Å²) in [6, 6.07) is 4.28. The number of rotatable bonds is 5. The van der Waals surface area contributed by atoms with Gasteiger partial charge in [-0.05, 0) is 31.5 Å². The third-order valence-corrected chi connectivity index (χ3v) is 2.91. The first-order chi connectivity index (χ1) is 9.58. The zero-order valence-electron chi connectivity index (χ0n) is 12.0. The lowest BCUT2D eigenvalue weighted by Gasteiger charge is -2.13. The van der Waals surface area contributed by atoms with Gasteiger partial charge in [-0.25, -0.2) is 4.39 Å². The lowest BCUT2D eigenvalue weighted by molar-refractivity contribution is 0.0934. The molecule has 1 atom stereocenters. The SMILES string of the molecule is CCCCC(C)NC(=O)c1cc(C#CCN)ccc1F. The highest BCUT2D eigenvalue weighted by atomic mass is 19.1. The van der Waals surface area contributed by atoms with Crippen molar-refractivity contribution >= 4 is 5.91 Å². The second-order valence-corrected chi connectivity index (χ2v) is 4.72. The molecule has 20 heavy (non-hydrogen) atoms. The highest BCUT2D eigenvalue weighted by Crippen LogP contribution is 2.11. The molecule has 0 aliphatic rings. The Morgan fingerprint density at radius 3 is 2.90 bits per heavy atom. The normalized spacial score (nSPS) is 11.4. The fourth-order valence-corrected chi connectivity index (χ4v) is 1.81. The van der Waals surface area contributed by atoms with Crippen LogP contribution < -0.4 is 11.1 Å². The van der Waals surface area contributed by atoms with Crippen LogP contribution in [0.1, 0.15) is 49.0 Å². The molecule has 1 amide bonds. The van der Waals surface area contributed by atoms with Crippen LogP contribution in [-0.2, 0) is 0 Å². The van der Waals surface area contributed by atoms with Crippen molar-refractivity contribution in [3.8, 4) is 11.8 Å². The molecule has 0 saturated heterocycles. The summed E-state index contributed by atoms with van der Waals surface area (Å²) in [7, 11) is 0. The topological polar surface area (TPSA) is 55.1 Å². The number of benzene rings is 1. The van der Waals surface area contributed by atoms with Gasteiger partial charge >= 0.3 is 0 Å². The minimum atomic E-state index is -0.538. The standard InChI is InChI=1S/C16H21FN2O/c1-3-4-6-12(2)19-16(20)14-11-13(7-5-10-18)8-9-15(14)17/h8-9,11-12H,3-4,6,10,18H2,1-2H3,(H,19,20). The van der Waals surface area contributed by atoms with E-state index in [0.717, 1.165) is 19.3 Å². The molecule has 4 heteroatoms. The molecule has 0 fully saturated rings. The number of nitrogens with two attached hydrogens (primary N) is 1. The van der Waals surface area contributed by atoms with Crippen LogP contribution in [0.25, 0.3) is 0 Å². The second-order valence-electron chi connectivity index (χ2n) is 4.72. The van der Waals surface area contributed by atoms with Gasteiger partial charge in [-0.15, -0.1) is 0 Å². The summed E-state index contributed by atoms with van der Waals surface area (Å²) < 4.78 is 13.7. The fraction of sp³-hybridized carbons (Fsp3) is 0.438. The van der Waals surface area contributed by atoms with Gasteiger partial charge in [0.1, 0.15) is 5.82 Å². The summed E-state index contributed by atoms with van der Waals surface area (Å²) >= 11 is 0. The minimum Gasteiger partial charge on any atom is -0.349 e. The summed E-state index contributed by atoms with van der Waals surface area (Å²) in [5, 5.41) is 2.80. The van der Waals surface area contributed by atoms with Crippen molar-refractivity contribution in [1.82, 2.24) is 5.32 Å². The third-order valence-electron chi connectivity index (χ3n) is 2.91. The Morgan fingerprint density at radius 2 is 2.25 bits per heavy atom. The van der Waals surface area contributed by atoms with Gasteiger partial charge in [0.15, 0.2) is 0 Å². The monoisotopic (exact) mass is 276 g/mol. The molecule has 3 N–H and O–H groups in total. The molecular formula is C16H21FN2O. The van der Waals surface area contributed by atoms with Crippen LogP contribution in [-0.4, -0.2) is 18.5 Å². The van der Waals surface area contributed by atoms with Crippen LogP contribution in [0.2, 0.25) is 0 Å². The minimum absolute atomic E-state index is 0.0252. The Bertz CT molecular complexity index is 517. The van der Waals surface area contributed by atoms with Crippen LogP contribution in [0, 0.1) is 17.7 Å². The molecule has 0 aliphatic carbocycles. The number of amides is 1. The lowest BCUT2D eigenvalue weighted by atomic mass is 10.1. The molecule has 0 radical (unpaired) electrons. The van der Waals surface area contributed by atoms with E-state index in [1.54, 1.807) is 0 Å². The summed E-state index contributed by atoms with van der Waals surface area (Å²) in [6.07, 6.45) is 2.99. The van der Waals surface area contributed by atoms with E-state index in [0.29, 0.717) is 5.56 Å². The van der Waals surface area contributed by atoms with Crippen molar-refractivity contribution in [2.75, 3.05) is 6.54 Å². The predicted molar refractivity (Wildman–Crippen MR) is 78.8 cm³/mol. The van der Waals surface area contributed by atoms with E-state index in [9.17, 15) is 9.18 Å². The van der Waals surface area contributed by atoms with Gasteiger partial charge in [-0.2, -0.15) is 0 Å². The highest BCUT2D eigenvalue weighted by Gasteiger charge is 2.14. The first-order valence-electron chi connectivity index (χ1n) is 6.87. The zero-order valence-corrected chi connectivity index (χ0v) is 12.0. The predicted octanol–water partition coefficient (Wildman–Crippen LogP) is 2.44. The van der Waals surface area contributed by atoms with Crippen molar-refractivity contribution in [3.63, 3.8) is 0 Å². The smallest absolute Gasteiger partial charge is 0.254 e. The fourth-order valence-electron chi connectivity index (χ4n) is 1.81. The molecule has 0 saturated carbocycles. The maximum atomic E-state index is 13.7. The highest BCUT2D eigenvalue weighted by molar-refractivity contribution is 5.95. The lowest BCUT2D eigenvalue weighted by Crippen LogP contribution is -2.33.